The van der Waals surface area contributed by atoms with Crippen molar-refractivity contribution >= 4 is 11.8 Å². The highest BCUT2D eigenvalue weighted by Gasteiger charge is 2.23. The van der Waals surface area contributed by atoms with Gasteiger partial charge in [0, 0.05) is 18.8 Å². The van der Waals surface area contributed by atoms with Gasteiger partial charge in [0.25, 0.3) is 0 Å². The summed E-state index contributed by atoms with van der Waals surface area (Å²) in [6.07, 6.45) is 0.955. The van der Waals surface area contributed by atoms with Gasteiger partial charge in [-0.05, 0) is 48.9 Å². The van der Waals surface area contributed by atoms with Crippen molar-refractivity contribution in [3.8, 4) is 0 Å². The molecule has 17 heavy (non-hydrogen) atoms. The summed E-state index contributed by atoms with van der Waals surface area (Å²) in [7, 11) is 0. The number of rotatable bonds is 1. The molecule has 3 N–H and O–H groups in total. The molecule has 0 saturated carbocycles. The lowest BCUT2D eigenvalue weighted by molar-refractivity contribution is 0.132. The molecule has 4 heteroatoms. The van der Waals surface area contributed by atoms with E-state index in [0.29, 0.717) is 19.0 Å². The van der Waals surface area contributed by atoms with E-state index in [1.807, 2.05) is 19.1 Å². The summed E-state index contributed by atoms with van der Waals surface area (Å²) in [5.41, 5.74) is 9.04. The number of amides is 1. The first-order valence-corrected chi connectivity index (χ1v) is 5.91. The normalized spacial score (nSPS) is 17.1. The van der Waals surface area contributed by atoms with E-state index < -0.39 is 6.09 Å². The summed E-state index contributed by atoms with van der Waals surface area (Å²) in [4.78, 5) is 12.3. The number of likely N-dealkylation sites (tertiary alicyclic amines) is 1. The minimum absolute atomic E-state index is 0.438. The van der Waals surface area contributed by atoms with Crippen molar-refractivity contribution in [2.45, 2.75) is 25.7 Å². The van der Waals surface area contributed by atoms with Crippen LogP contribution in [0.1, 0.15) is 29.9 Å². The topological polar surface area (TPSA) is 66.6 Å². The molecule has 1 saturated heterocycles. The fourth-order valence-electron chi connectivity index (χ4n) is 2.48. The Hall–Kier alpha value is -1.71. The predicted octanol–water partition coefficient (Wildman–Crippen LogP) is 2.43. The van der Waals surface area contributed by atoms with Gasteiger partial charge in [-0.25, -0.2) is 4.79 Å². The zero-order chi connectivity index (χ0) is 12.4. The fraction of sp³-hybridized carbons (Fsp3) is 0.462. The Labute approximate surface area is 101 Å². The lowest BCUT2D eigenvalue weighted by Crippen LogP contribution is -2.36. The summed E-state index contributed by atoms with van der Waals surface area (Å²) in [6.45, 7) is 3.27. The van der Waals surface area contributed by atoms with Crippen LogP contribution in [0.3, 0.4) is 0 Å². The van der Waals surface area contributed by atoms with Crippen LogP contribution >= 0.6 is 0 Å². The molecule has 0 unspecified atom stereocenters. The number of hydrogen-bond acceptors (Lipinski definition) is 2. The number of benzene rings is 1. The summed E-state index contributed by atoms with van der Waals surface area (Å²) < 4.78 is 0. The summed E-state index contributed by atoms with van der Waals surface area (Å²) in [5, 5.41) is 8.89. The van der Waals surface area contributed by atoms with Crippen LogP contribution in [0, 0.1) is 6.92 Å². The third-order valence-electron chi connectivity index (χ3n) is 3.36. The van der Waals surface area contributed by atoms with Gasteiger partial charge in [-0.3, -0.25) is 0 Å². The second-order valence-corrected chi connectivity index (χ2v) is 4.72. The molecule has 1 amide bonds. The lowest BCUT2D eigenvalue weighted by Gasteiger charge is -2.30. The van der Waals surface area contributed by atoms with Gasteiger partial charge in [-0.15, -0.1) is 0 Å². The fourth-order valence-corrected chi connectivity index (χ4v) is 2.48. The number of carbonyl (C=O) groups is 1. The van der Waals surface area contributed by atoms with Gasteiger partial charge in [0.2, 0.25) is 0 Å². The number of hydrogen-bond donors (Lipinski definition) is 2. The number of nitrogen functional groups attached to an aromatic ring is 1. The van der Waals surface area contributed by atoms with Gasteiger partial charge in [0.1, 0.15) is 0 Å². The Morgan fingerprint density at radius 2 is 2.00 bits per heavy atom. The van der Waals surface area contributed by atoms with E-state index in [2.05, 4.69) is 6.07 Å². The molecular formula is C13H18N2O2. The number of nitrogens with two attached hydrogens (primary N) is 1. The standard InChI is InChI=1S/C13H18N2O2/c1-9-6-11(8-12(14)7-9)10-2-4-15(5-3-10)13(16)17/h6-8,10H,2-5,14H2,1H3,(H,16,17). The molecule has 1 aliphatic rings. The Morgan fingerprint density at radius 1 is 1.35 bits per heavy atom. The van der Waals surface area contributed by atoms with Crippen molar-refractivity contribution in [2.24, 2.45) is 0 Å². The quantitative estimate of drug-likeness (QED) is 0.733. The van der Waals surface area contributed by atoms with E-state index in [9.17, 15) is 4.79 Å². The minimum Gasteiger partial charge on any atom is -0.465 e. The number of aryl methyl sites for hydroxylation is 1. The number of piperidine rings is 1. The smallest absolute Gasteiger partial charge is 0.407 e. The molecule has 1 aromatic carbocycles. The molecule has 0 bridgehead atoms. The average Bonchev–Trinajstić information content (AvgIpc) is 2.28. The van der Waals surface area contributed by atoms with Gasteiger partial charge < -0.3 is 15.7 Å². The molecule has 1 fully saturated rings. The van der Waals surface area contributed by atoms with Gasteiger partial charge in [-0.1, -0.05) is 6.07 Å². The van der Waals surface area contributed by atoms with E-state index in [0.717, 1.165) is 18.5 Å². The maximum atomic E-state index is 10.8. The van der Waals surface area contributed by atoms with Crippen LogP contribution < -0.4 is 5.73 Å². The van der Waals surface area contributed by atoms with E-state index in [1.165, 1.54) is 16.0 Å². The molecular weight excluding hydrogens is 216 g/mol. The molecule has 1 aliphatic heterocycles. The number of carboxylic acid groups (broad SMARTS) is 1. The van der Waals surface area contributed by atoms with Crippen LogP contribution in [0.15, 0.2) is 18.2 Å². The first kappa shape index (κ1) is 11.8. The zero-order valence-electron chi connectivity index (χ0n) is 10.0. The van der Waals surface area contributed by atoms with Gasteiger partial charge in [0.05, 0.1) is 0 Å². The minimum atomic E-state index is -0.813. The summed E-state index contributed by atoms with van der Waals surface area (Å²) >= 11 is 0. The first-order valence-electron chi connectivity index (χ1n) is 5.91. The number of nitrogens with zero attached hydrogens (tertiary/aromatic N) is 1. The monoisotopic (exact) mass is 234 g/mol. The molecule has 0 aromatic heterocycles. The Kier molecular flexibility index (Phi) is 3.22. The molecule has 0 spiro atoms. The number of anilines is 1. The van der Waals surface area contributed by atoms with Gasteiger partial charge in [0.15, 0.2) is 0 Å². The van der Waals surface area contributed by atoms with Gasteiger partial charge in [-0.2, -0.15) is 0 Å². The first-order chi connectivity index (χ1) is 8.06. The Balaban J connectivity index is 2.07. The van der Waals surface area contributed by atoms with E-state index in [-0.39, 0.29) is 0 Å². The molecule has 0 radical (unpaired) electrons. The van der Waals surface area contributed by atoms with E-state index in [4.69, 9.17) is 10.8 Å². The lowest BCUT2D eigenvalue weighted by atomic mass is 9.88. The molecule has 2 rings (SSSR count). The second kappa shape index (κ2) is 4.65. The van der Waals surface area contributed by atoms with Crippen molar-refractivity contribution < 1.29 is 9.90 Å². The third-order valence-corrected chi connectivity index (χ3v) is 3.36. The van der Waals surface area contributed by atoms with Crippen LogP contribution in [0.5, 0.6) is 0 Å². The van der Waals surface area contributed by atoms with Crippen LogP contribution in [0.2, 0.25) is 0 Å². The SMILES string of the molecule is Cc1cc(N)cc(C2CCN(C(=O)O)CC2)c1. The van der Waals surface area contributed by atoms with Crippen LogP contribution in [-0.2, 0) is 0 Å². The van der Waals surface area contributed by atoms with Crippen LogP contribution in [-0.4, -0.2) is 29.2 Å². The molecule has 1 aromatic rings. The van der Waals surface area contributed by atoms with E-state index >= 15 is 0 Å². The maximum absolute atomic E-state index is 10.8. The van der Waals surface area contributed by atoms with Crippen molar-refractivity contribution in [1.29, 1.82) is 0 Å². The molecule has 92 valence electrons. The van der Waals surface area contributed by atoms with Crippen molar-refractivity contribution in [2.75, 3.05) is 18.8 Å². The maximum Gasteiger partial charge on any atom is 0.407 e. The van der Waals surface area contributed by atoms with Crippen molar-refractivity contribution in [1.82, 2.24) is 4.90 Å². The Bertz CT molecular complexity index is 403. The van der Waals surface area contributed by atoms with Crippen molar-refractivity contribution in [3.63, 3.8) is 0 Å². The van der Waals surface area contributed by atoms with Crippen molar-refractivity contribution in [3.05, 3.63) is 29.3 Å². The molecule has 1 heterocycles. The Morgan fingerprint density at radius 3 is 2.53 bits per heavy atom. The highest BCUT2D eigenvalue weighted by Crippen LogP contribution is 2.29. The third kappa shape index (κ3) is 2.70. The predicted molar refractivity (Wildman–Crippen MR) is 67.2 cm³/mol. The molecule has 0 atom stereocenters. The highest BCUT2D eigenvalue weighted by molar-refractivity contribution is 5.65. The van der Waals surface area contributed by atoms with Crippen LogP contribution in [0.4, 0.5) is 10.5 Å². The van der Waals surface area contributed by atoms with Crippen LogP contribution in [0.25, 0.3) is 0 Å². The molecule has 0 aliphatic carbocycles. The van der Waals surface area contributed by atoms with Gasteiger partial charge >= 0.3 is 6.09 Å². The van der Waals surface area contributed by atoms with E-state index in [1.54, 1.807) is 0 Å². The summed E-state index contributed by atoms with van der Waals surface area (Å²) in [5.74, 6) is 0.438. The second-order valence-electron chi connectivity index (χ2n) is 4.72. The summed E-state index contributed by atoms with van der Waals surface area (Å²) in [6, 6.07) is 6.11. The zero-order valence-corrected chi connectivity index (χ0v) is 10.0. The molecule has 4 nitrogen and oxygen atoms in total. The largest absolute Gasteiger partial charge is 0.465 e. The average molecular weight is 234 g/mol. The highest BCUT2D eigenvalue weighted by atomic mass is 16.4.